The molecule has 1 rings (SSSR count). The second-order valence-electron chi connectivity index (χ2n) is 2.96. The number of methoxy groups -OCH3 is 1. The van der Waals surface area contributed by atoms with Crippen LogP contribution < -0.4 is 0 Å². The van der Waals surface area contributed by atoms with Crippen LogP contribution in [0.3, 0.4) is 0 Å². The SMILES string of the molecule is COC(=O)/C=C/c1ccc(C)c(Br)c1F. The first kappa shape index (κ1) is 11.9. The molecule has 0 bridgehead atoms. The highest BCUT2D eigenvalue weighted by Gasteiger charge is 2.06. The first-order chi connectivity index (χ1) is 7.06. The van der Waals surface area contributed by atoms with Gasteiger partial charge in [0.15, 0.2) is 0 Å². The largest absolute Gasteiger partial charge is 0.466 e. The van der Waals surface area contributed by atoms with Gasteiger partial charge in [0, 0.05) is 11.6 Å². The molecule has 2 nitrogen and oxygen atoms in total. The maximum absolute atomic E-state index is 13.6. The number of hydrogen-bond donors (Lipinski definition) is 0. The third-order valence-corrected chi connectivity index (χ3v) is 2.88. The molecule has 0 unspecified atom stereocenters. The number of ether oxygens (including phenoxy) is 1. The van der Waals surface area contributed by atoms with Gasteiger partial charge >= 0.3 is 5.97 Å². The normalized spacial score (nSPS) is 10.7. The van der Waals surface area contributed by atoms with Gasteiger partial charge in [0.1, 0.15) is 5.82 Å². The fraction of sp³-hybridized carbons (Fsp3) is 0.182. The monoisotopic (exact) mass is 272 g/mol. The summed E-state index contributed by atoms with van der Waals surface area (Å²) in [4.78, 5) is 10.8. The minimum atomic E-state index is -0.508. The molecule has 0 saturated carbocycles. The summed E-state index contributed by atoms with van der Waals surface area (Å²) in [6.45, 7) is 1.79. The Morgan fingerprint density at radius 2 is 2.20 bits per heavy atom. The predicted molar refractivity (Wildman–Crippen MR) is 59.9 cm³/mol. The molecule has 0 radical (unpaired) electrons. The Hall–Kier alpha value is -1.16. The van der Waals surface area contributed by atoms with Crippen LogP contribution in [-0.4, -0.2) is 13.1 Å². The third-order valence-electron chi connectivity index (χ3n) is 1.91. The van der Waals surface area contributed by atoms with Crippen molar-refractivity contribution < 1.29 is 13.9 Å². The molecule has 1 aromatic rings. The molecule has 0 fully saturated rings. The van der Waals surface area contributed by atoms with Gasteiger partial charge in [-0.15, -0.1) is 0 Å². The molecule has 80 valence electrons. The summed E-state index contributed by atoms with van der Waals surface area (Å²) >= 11 is 3.13. The zero-order valence-electron chi connectivity index (χ0n) is 8.38. The maximum Gasteiger partial charge on any atom is 0.330 e. The highest BCUT2D eigenvalue weighted by Crippen LogP contribution is 2.23. The van der Waals surface area contributed by atoms with E-state index < -0.39 is 5.97 Å². The quantitative estimate of drug-likeness (QED) is 0.611. The van der Waals surface area contributed by atoms with E-state index in [0.29, 0.717) is 10.0 Å². The molecule has 4 heteroatoms. The number of hydrogen-bond acceptors (Lipinski definition) is 2. The number of aryl methyl sites for hydroxylation is 1. The minimum Gasteiger partial charge on any atom is -0.466 e. The molecule has 0 heterocycles. The summed E-state index contributed by atoms with van der Waals surface area (Å²) in [5.41, 5.74) is 1.15. The standard InChI is InChI=1S/C11H10BrFO2/c1-7-3-4-8(11(13)10(7)12)5-6-9(14)15-2/h3-6H,1-2H3/b6-5+. The second kappa shape index (κ2) is 5.07. The van der Waals surface area contributed by atoms with Crippen molar-refractivity contribution in [3.63, 3.8) is 0 Å². The van der Waals surface area contributed by atoms with Crippen molar-refractivity contribution in [3.05, 3.63) is 39.6 Å². The zero-order chi connectivity index (χ0) is 11.4. The van der Waals surface area contributed by atoms with Crippen LogP contribution in [0.1, 0.15) is 11.1 Å². The average Bonchev–Trinajstić information content (AvgIpc) is 2.24. The van der Waals surface area contributed by atoms with E-state index in [1.165, 1.54) is 19.3 Å². The van der Waals surface area contributed by atoms with Crippen LogP contribution in [0.15, 0.2) is 22.7 Å². The van der Waals surface area contributed by atoms with Crippen LogP contribution in [0.25, 0.3) is 6.08 Å². The van der Waals surface area contributed by atoms with E-state index in [1.807, 2.05) is 0 Å². The van der Waals surface area contributed by atoms with Gasteiger partial charge in [-0.25, -0.2) is 9.18 Å². The Morgan fingerprint density at radius 1 is 1.53 bits per heavy atom. The summed E-state index contributed by atoms with van der Waals surface area (Å²) in [6.07, 6.45) is 2.56. The molecule has 0 saturated heterocycles. The number of rotatable bonds is 2. The minimum absolute atomic E-state index is 0.345. The van der Waals surface area contributed by atoms with Gasteiger partial charge in [-0.05, 0) is 34.5 Å². The smallest absolute Gasteiger partial charge is 0.330 e. The number of benzene rings is 1. The van der Waals surface area contributed by atoms with Gasteiger partial charge in [-0.2, -0.15) is 0 Å². The second-order valence-corrected chi connectivity index (χ2v) is 3.75. The molecule has 0 spiro atoms. The lowest BCUT2D eigenvalue weighted by Crippen LogP contribution is -1.94. The molecule has 0 aliphatic heterocycles. The van der Waals surface area contributed by atoms with Crippen molar-refractivity contribution >= 4 is 28.0 Å². The van der Waals surface area contributed by atoms with Gasteiger partial charge in [0.25, 0.3) is 0 Å². The summed E-state index contributed by atoms with van der Waals surface area (Å²) in [5, 5.41) is 0. The highest BCUT2D eigenvalue weighted by molar-refractivity contribution is 9.10. The zero-order valence-corrected chi connectivity index (χ0v) is 9.97. The molecule has 0 aliphatic rings. The van der Waals surface area contributed by atoms with Crippen molar-refractivity contribution in [1.82, 2.24) is 0 Å². The first-order valence-electron chi connectivity index (χ1n) is 4.27. The molecule has 1 aromatic carbocycles. The van der Waals surface area contributed by atoms with Crippen LogP contribution in [-0.2, 0) is 9.53 Å². The van der Waals surface area contributed by atoms with E-state index in [0.717, 1.165) is 5.56 Å². The summed E-state index contributed by atoms with van der Waals surface area (Å²) in [6, 6.07) is 3.37. The number of carbonyl (C=O) groups excluding carboxylic acids is 1. The molecular formula is C11H10BrFO2. The van der Waals surface area contributed by atoms with Crippen LogP contribution in [0.2, 0.25) is 0 Å². The fourth-order valence-corrected chi connectivity index (χ4v) is 1.38. The van der Waals surface area contributed by atoms with E-state index in [4.69, 9.17) is 0 Å². The summed E-state index contributed by atoms with van der Waals surface area (Å²) in [5.74, 6) is -0.888. The van der Waals surface area contributed by atoms with Crippen molar-refractivity contribution in [3.8, 4) is 0 Å². The van der Waals surface area contributed by atoms with Crippen LogP contribution in [0, 0.1) is 12.7 Å². The number of halogens is 2. The molecular weight excluding hydrogens is 263 g/mol. The number of carbonyl (C=O) groups is 1. The van der Waals surface area contributed by atoms with Crippen LogP contribution in [0.5, 0.6) is 0 Å². The van der Waals surface area contributed by atoms with Gasteiger partial charge in [-0.3, -0.25) is 0 Å². The topological polar surface area (TPSA) is 26.3 Å². The average molecular weight is 273 g/mol. The van der Waals surface area contributed by atoms with E-state index >= 15 is 0 Å². The first-order valence-corrected chi connectivity index (χ1v) is 5.06. The van der Waals surface area contributed by atoms with E-state index in [1.54, 1.807) is 19.1 Å². The fourth-order valence-electron chi connectivity index (χ4n) is 1.02. The predicted octanol–water partition coefficient (Wildman–Crippen LogP) is 3.08. The summed E-state index contributed by atoms with van der Waals surface area (Å²) < 4.78 is 18.4. The lowest BCUT2D eigenvalue weighted by atomic mass is 10.1. The van der Waals surface area contributed by atoms with Gasteiger partial charge in [0.05, 0.1) is 11.6 Å². The lowest BCUT2D eigenvalue weighted by Gasteiger charge is -2.02. The summed E-state index contributed by atoms with van der Waals surface area (Å²) in [7, 11) is 1.27. The van der Waals surface area contributed by atoms with E-state index in [9.17, 15) is 9.18 Å². The van der Waals surface area contributed by atoms with Crippen molar-refractivity contribution in [2.24, 2.45) is 0 Å². The van der Waals surface area contributed by atoms with Crippen LogP contribution >= 0.6 is 15.9 Å². The molecule has 0 amide bonds. The Bertz CT molecular complexity index is 413. The highest BCUT2D eigenvalue weighted by atomic mass is 79.9. The molecule has 0 N–H and O–H groups in total. The third kappa shape index (κ3) is 2.89. The lowest BCUT2D eigenvalue weighted by molar-refractivity contribution is -0.134. The molecule has 0 atom stereocenters. The molecule has 0 aromatic heterocycles. The van der Waals surface area contributed by atoms with Crippen molar-refractivity contribution in [2.75, 3.05) is 7.11 Å². The van der Waals surface area contributed by atoms with Gasteiger partial charge in [-0.1, -0.05) is 12.1 Å². The van der Waals surface area contributed by atoms with Crippen molar-refractivity contribution in [2.45, 2.75) is 6.92 Å². The Labute approximate surface area is 95.9 Å². The van der Waals surface area contributed by atoms with E-state index in [-0.39, 0.29) is 5.82 Å². The molecule has 0 aliphatic carbocycles. The van der Waals surface area contributed by atoms with Gasteiger partial charge < -0.3 is 4.74 Å². The van der Waals surface area contributed by atoms with E-state index in [2.05, 4.69) is 20.7 Å². The maximum atomic E-state index is 13.6. The molecule has 15 heavy (non-hydrogen) atoms. The van der Waals surface area contributed by atoms with Crippen molar-refractivity contribution in [1.29, 1.82) is 0 Å². The Kier molecular flexibility index (Phi) is 4.03. The van der Waals surface area contributed by atoms with Crippen LogP contribution in [0.4, 0.5) is 4.39 Å². The Morgan fingerprint density at radius 3 is 2.80 bits per heavy atom. The van der Waals surface area contributed by atoms with Gasteiger partial charge in [0.2, 0.25) is 0 Å². The Balaban J connectivity index is 3.02. The number of esters is 1.